The molecule has 1 aromatic carbocycles. The number of piperidine rings is 1. The molecular formula is C19H30N2O2. The first-order valence-electron chi connectivity index (χ1n) is 8.85. The molecule has 1 aliphatic heterocycles. The fourth-order valence-corrected chi connectivity index (χ4v) is 3.32. The van der Waals surface area contributed by atoms with E-state index in [1.54, 1.807) is 0 Å². The summed E-state index contributed by atoms with van der Waals surface area (Å²) in [6, 6.07) is 9.22. The van der Waals surface area contributed by atoms with Crippen LogP contribution in [-0.2, 0) is 4.79 Å². The van der Waals surface area contributed by atoms with Gasteiger partial charge in [0.25, 0.3) is 0 Å². The third-order valence-corrected chi connectivity index (χ3v) is 4.72. The predicted molar refractivity (Wildman–Crippen MR) is 93.1 cm³/mol. The van der Waals surface area contributed by atoms with E-state index in [0.717, 1.165) is 31.5 Å². The number of carbonyl (C=O) groups is 1. The lowest BCUT2D eigenvalue weighted by atomic mass is 9.93. The van der Waals surface area contributed by atoms with Gasteiger partial charge >= 0.3 is 0 Å². The summed E-state index contributed by atoms with van der Waals surface area (Å²) in [6.07, 6.45) is 3.31. The molecule has 0 spiro atoms. The molecule has 23 heavy (non-hydrogen) atoms. The Labute approximate surface area is 139 Å². The number of hydrogen-bond acceptors (Lipinski definition) is 3. The maximum absolute atomic E-state index is 12.2. The van der Waals surface area contributed by atoms with Crippen LogP contribution >= 0.6 is 0 Å². The van der Waals surface area contributed by atoms with Crippen LogP contribution in [0.3, 0.4) is 0 Å². The van der Waals surface area contributed by atoms with E-state index >= 15 is 0 Å². The molecule has 1 aromatic rings. The number of likely N-dealkylation sites (tertiary alicyclic amines) is 1. The maximum Gasteiger partial charge on any atom is 0.220 e. The zero-order chi connectivity index (χ0) is 16.7. The number of amides is 1. The molecule has 0 aliphatic carbocycles. The SMILES string of the molecule is CCCN1CCC(CC(=O)N[C@@H](C)[C@H](O)c2ccccc2)CC1. The molecule has 0 aromatic heterocycles. The highest BCUT2D eigenvalue weighted by atomic mass is 16.3. The van der Waals surface area contributed by atoms with Crippen molar-refractivity contribution in [3.05, 3.63) is 35.9 Å². The Hall–Kier alpha value is -1.39. The first kappa shape index (κ1) is 18.0. The van der Waals surface area contributed by atoms with Gasteiger partial charge in [0.1, 0.15) is 0 Å². The van der Waals surface area contributed by atoms with E-state index in [1.165, 1.54) is 13.0 Å². The number of carbonyl (C=O) groups excluding carboxylic acids is 1. The van der Waals surface area contributed by atoms with Gasteiger partial charge in [0.15, 0.2) is 0 Å². The van der Waals surface area contributed by atoms with Crippen molar-refractivity contribution in [3.8, 4) is 0 Å². The number of aliphatic hydroxyl groups is 1. The van der Waals surface area contributed by atoms with Crippen LogP contribution in [0.1, 0.15) is 51.2 Å². The Balaban J connectivity index is 1.74. The predicted octanol–water partition coefficient (Wildman–Crippen LogP) is 2.74. The number of rotatable bonds is 7. The Kier molecular flexibility index (Phi) is 7.06. The van der Waals surface area contributed by atoms with E-state index in [4.69, 9.17) is 0 Å². The summed E-state index contributed by atoms with van der Waals surface area (Å²) in [5, 5.41) is 13.3. The molecule has 2 rings (SSSR count). The van der Waals surface area contributed by atoms with Gasteiger partial charge in [-0.15, -0.1) is 0 Å². The first-order valence-corrected chi connectivity index (χ1v) is 8.85. The van der Waals surface area contributed by atoms with Crippen molar-refractivity contribution in [1.82, 2.24) is 10.2 Å². The highest BCUT2D eigenvalue weighted by Gasteiger charge is 2.23. The van der Waals surface area contributed by atoms with Gasteiger partial charge in [-0.05, 0) is 57.3 Å². The molecule has 0 bridgehead atoms. The van der Waals surface area contributed by atoms with Gasteiger partial charge in [-0.3, -0.25) is 4.79 Å². The topological polar surface area (TPSA) is 52.6 Å². The summed E-state index contributed by atoms with van der Waals surface area (Å²) in [5.74, 6) is 0.533. The standard InChI is InChI=1S/C19H30N2O2/c1-3-11-21-12-9-16(10-13-21)14-18(22)20-15(2)19(23)17-7-5-4-6-8-17/h4-8,15-16,19,23H,3,9-14H2,1-2H3,(H,20,22)/t15-,19-/m0/s1. The van der Waals surface area contributed by atoms with Gasteiger partial charge in [0.2, 0.25) is 5.91 Å². The van der Waals surface area contributed by atoms with Crippen molar-refractivity contribution in [3.63, 3.8) is 0 Å². The summed E-state index contributed by atoms with van der Waals surface area (Å²) < 4.78 is 0. The molecule has 4 heteroatoms. The van der Waals surface area contributed by atoms with Crippen LogP contribution in [0.25, 0.3) is 0 Å². The van der Waals surface area contributed by atoms with E-state index in [-0.39, 0.29) is 11.9 Å². The second-order valence-corrected chi connectivity index (χ2v) is 6.70. The summed E-state index contributed by atoms with van der Waals surface area (Å²) in [5.41, 5.74) is 0.841. The highest BCUT2D eigenvalue weighted by Crippen LogP contribution is 2.21. The summed E-state index contributed by atoms with van der Waals surface area (Å²) >= 11 is 0. The zero-order valence-electron chi connectivity index (χ0n) is 14.4. The van der Waals surface area contributed by atoms with Gasteiger partial charge in [-0.1, -0.05) is 37.3 Å². The van der Waals surface area contributed by atoms with Crippen molar-refractivity contribution in [1.29, 1.82) is 0 Å². The zero-order valence-corrected chi connectivity index (χ0v) is 14.4. The van der Waals surface area contributed by atoms with E-state index < -0.39 is 6.10 Å². The van der Waals surface area contributed by atoms with Crippen LogP contribution in [-0.4, -0.2) is 41.6 Å². The monoisotopic (exact) mass is 318 g/mol. The van der Waals surface area contributed by atoms with Crippen molar-refractivity contribution in [2.45, 2.75) is 51.7 Å². The van der Waals surface area contributed by atoms with Crippen LogP contribution in [0.2, 0.25) is 0 Å². The Bertz CT molecular complexity index is 470. The van der Waals surface area contributed by atoms with Crippen molar-refractivity contribution < 1.29 is 9.90 Å². The maximum atomic E-state index is 12.2. The van der Waals surface area contributed by atoms with Gasteiger partial charge < -0.3 is 15.3 Å². The van der Waals surface area contributed by atoms with E-state index in [9.17, 15) is 9.90 Å². The molecule has 2 atom stereocenters. The molecule has 1 fully saturated rings. The fourth-order valence-electron chi connectivity index (χ4n) is 3.32. The third-order valence-electron chi connectivity index (χ3n) is 4.72. The average molecular weight is 318 g/mol. The number of nitrogens with one attached hydrogen (secondary N) is 1. The van der Waals surface area contributed by atoms with Crippen LogP contribution < -0.4 is 5.32 Å². The van der Waals surface area contributed by atoms with Gasteiger partial charge in [-0.2, -0.15) is 0 Å². The lowest BCUT2D eigenvalue weighted by Gasteiger charge is -2.31. The van der Waals surface area contributed by atoms with Crippen molar-refractivity contribution >= 4 is 5.91 Å². The van der Waals surface area contributed by atoms with E-state index in [0.29, 0.717) is 12.3 Å². The van der Waals surface area contributed by atoms with Crippen LogP contribution in [0.5, 0.6) is 0 Å². The fraction of sp³-hybridized carbons (Fsp3) is 0.632. The number of nitrogens with zero attached hydrogens (tertiary/aromatic N) is 1. The highest BCUT2D eigenvalue weighted by molar-refractivity contribution is 5.76. The van der Waals surface area contributed by atoms with Crippen LogP contribution in [0, 0.1) is 5.92 Å². The minimum Gasteiger partial charge on any atom is -0.386 e. The summed E-state index contributed by atoms with van der Waals surface area (Å²) in [6.45, 7) is 7.44. The first-order chi connectivity index (χ1) is 11.1. The largest absolute Gasteiger partial charge is 0.386 e. The Morgan fingerprint density at radius 3 is 2.57 bits per heavy atom. The molecule has 128 valence electrons. The number of aliphatic hydroxyl groups excluding tert-OH is 1. The van der Waals surface area contributed by atoms with E-state index in [1.807, 2.05) is 37.3 Å². The van der Waals surface area contributed by atoms with Crippen molar-refractivity contribution in [2.24, 2.45) is 5.92 Å². The van der Waals surface area contributed by atoms with Gasteiger partial charge in [-0.25, -0.2) is 0 Å². The van der Waals surface area contributed by atoms with Crippen LogP contribution in [0.4, 0.5) is 0 Å². The lowest BCUT2D eigenvalue weighted by molar-refractivity contribution is -0.123. The minimum absolute atomic E-state index is 0.0569. The summed E-state index contributed by atoms with van der Waals surface area (Å²) in [7, 11) is 0. The quantitative estimate of drug-likeness (QED) is 0.813. The van der Waals surface area contributed by atoms with Crippen LogP contribution in [0.15, 0.2) is 30.3 Å². The molecule has 0 saturated carbocycles. The molecule has 2 N–H and O–H groups in total. The number of hydrogen-bond donors (Lipinski definition) is 2. The molecule has 4 nitrogen and oxygen atoms in total. The Morgan fingerprint density at radius 2 is 1.96 bits per heavy atom. The van der Waals surface area contributed by atoms with Crippen molar-refractivity contribution in [2.75, 3.05) is 19.6 Å². The molecule has 0 radical (unpaired) electrons. The van der Waals surface area contributed by atoms with E-state index in [2.05, 4.69) is 17.1 Å². The van der Waals surface area contributed by atoms with Gasteiger partial charge in [0, 0.05) is 6.42 Å². The lowest BCUT2D eigenvalue weighted by Crippen LogP contribution is -2.40. The average Bonchev–Trinajstić information content (AvgIpc) is 2.57. The molecule has 1 heterocycles. The molecule has 0 unspecified atom stereocenters. The minimum atomic E-state index is -0.661. The second kappa shape index (κ2) is 9.04. The molecule has 1 aliphatic rings. The summed E-state index contributed by atoms with van der Waals surface area (Å²) in [4.78, 5) is 14.7. The third kappa shape index (κ3) is 5.63. The molecular weight excluding hydrogens is 288 g/mol. The molecule has 1 amide bonds. The number of benzene rings is 1. The molecule has 1 saturated heterocycles. The second-order valence-electron chi connectivity index (χ2n) is 6.70. The Morgan fingerprint density at radius 1 is 1.30 bits per heavy atom. The smallest absolute Gasteiger partial charge is 0.220 e. The van der Waals surface area contributed by atoms with Gasteiger partial charge in [0.05, 0.1) is 12.1 Å². The normalized spacial score (nSPS) is 19.3.